The fourth-order valence-electron chi connectivity index (χ4n) is 3.55. The Hall–Kier alpha value is -1.35. The number of hydrogen-bond donors (Lipinski definition) is 1. The molecule has 2 aromatic rings. The molecule has 0 amide bonds. The van der Waals surface area contributed by atoms with Crippen molar-refractivity contribution >= 4 is 11.0 Å². The number of nitrogens with one attached hydrogen (secondary N) is 1. The zero-order chi connectivity index (χ0) is 13.9. The standard InChI is InChI=1S/C17H25N3/c1-18-14(11-13-7-3-4-8-13)12-17-19-15-9-5-6-10-16(15)20(17)2/h5-6,9-10,13-14,18H,3-4,7-8,11-12H2,1-2H3. The molecule has 1 fully saturated rings. The fraction of sp³-hybridized carbons (Fsp3) is 0.588. The van der Waals surface area contributed by atoms with Crippen molar-refractivity contribution in [3.05, 3.63) is 30.1 Å². The number of para-hydroxylation sites is 2. The maximum absolute atomic E-state index is 4.80. The largest absolute Gasteiger partial charge is 0.331 e. The number of imidazole rings is 1. The number of rotatable bonds is 5. The fourth-order valence-corrected chi connectivity index (χ4v) is 3.55. The number of benzene rings is 1. The summed E-state index contributed by atoms with van der Waals surface area (Å²) in [5.41, 5.74) is 2.35. The van der Waals surface area contributed by atoms with E-state index in [4.69, 9.17) is 4.98 Å². The zero-order valence-corrected chi connectivity index (χ0v) is 12.6. The van der Waals surface area contributed by atoms with Crippen LogP contribution in [0, 0.1) is 5.92 Å². The van der Waals surface area contributed by atoms with E-state index in [2.05, 4.69) is 48.2 Å². The molecule has 1 heterocycles. The van der Waals surface area contributed by atoms with Gasteiger partial charge in [-0.1, -0.05) is 37.8 Å². The number of nitrogens with zero attached hydrogens (tertiary/aromatic N) is 2. The Labute approximate surface area is 121 Å². The van der Waals surface area contributed by atoms with Gasteiger partial charge in [-0.15, -0.1) is 0 Å². The molecule has 0 spiro atoms. The molecule has 0 bridgehead atoms. The average Bonchev–Trinajstić information content (AvgIpc) is 3.08. The minimum absolute atomic E-state index is 0.550. The van der Waals surface area contributed by atoms with Crippen molar-refractivity contribution in [3.8, 4) is 0 Å². The lowest BCUT2D eigenvalue weighted by molar-refractivity contribution is 0.396. The highest BCUT2D eigenvalue weighted by Crippen LogP contribution is 2.29. The first-order valence-electron chi connectivity index (χ1n) is 7.85. The van der Waals surface area contributed by atoms with Crippen LogP contribution in [0.4, 0.5) is 0 Å². The molecule has 1 atom stereocenters. The molecular weight excluding hydrogens is 246 g/mol. The minimum atomic E-state index is 0.550. The molecule has 0 aliphatic heterocycles. The number of aromatic nitrogens is 2. The van der Waals surface area contributed by atoms with Crippen LogP contribution in [0.25, 0.3) is 11.0 Å². The Balaban J connectivity index is 1.74. The first-order chi connectivity index (χ1) is 9.78. The van der Waals surface area contributed by atoms with Crippen LogP contribution in [0.2, 0.25) is 0 Å². The van der Waals surface area contributed by atoms with Crippen LogP contribution in [0.3, 0.4) is 0 Å². The molecule has 1 N–H and O–H groups in total. The molecule has 1 aromatic carbocycles. The van der Waals surface area contributed by atoms with Gasteiger partial charge in [-0.05, 0) is 31.5 Å². The van der Waals surface area contributed by atoms with E-state index in [-0.39, 0.29) is 0 Å². The van der Waals surface area contributed by atoms with E-state index in [1.165, 1.54) is 43.4 Å². The van der Waals surface area contributed by atoms with E-state index in [1.807, 2.05) is 0 Å². The molecule has 108 valence electrons. The zero-order valence-electron chi connectivity index (χ0n) is 12.6. The first-order valence-corrected chi connectivity index (χ1v) is 7.85. The van der Waals surface area contributed by atoms with Gasteiger partial charge in [-0.3, -0.25) is 0 Å². The van der Waals surface area contributed by atoms with E-state index in [9.17, 15) is 0 Å². The van der Waals surface area contributed by atoms with Crippen molar-refractivity contribution in [3.63, 3.8) is 0 Å². The van der Waals surface area contributed by atoms with E-state index in [0.29, 0.717) is 6.04 Å². The van der Waals surface area contributed by atoms with Crippen LogP contribution >= 0.6 is 0 Å². The number of likely N-dealkylation sites (N-methyl/N-ethyl adjacent to an activating group) is 1. The Morgan fingerprint density at radius 1 is 1.30 bits per heavy atom. The van der Waals surface area contributed by atoms with Gasteiger partial charge in [0.15, 0.2) is 0 Å². The van der Waals surface area contributed by atoms with Gasteiger partial charge in [0.25, 0.3) is 0 Å². The summed E-state index contributed by atoms with van der Waals surface area (Å²) in [5.74, 6) is 2.12. The minimum Gasteiger partial charge on any atom is -0.331 e. The van der Waals surface area contributed by atoms with E-state index in [0.717, 1.165) is 17.9 Å². The molecule has 3 rings (SSSR count). The van der Waals surface area contributed by atoms with Gasteiger partial charge in [-0.2, -0.15) is 0 Å². The number of hydrogen-bond acceptors (Lipinski definition) is 2. The second-order valence-electron chi connectivity index (χ2n) is 6.15. The quantitative estimate of drug-likeness (QED) is 0.904. The maximum Gasteiger partial charge on any atom is 0.111 e. The average molecular weight is 271 g/mol. The molecule has 0 radical (unpaired) electrons. The van der Waals surface area contributed by atoms with Gasteiger partial charge < -0.3 is 9.88 Å². The van der Waals surface area contributed by atoms with Crippen LogP contribution in [-0.2, 0) is 13.5 Å². The summed E-state index contributed by atoms with van der Waals surface area (Å²) < 4.78 is 2.24. The van der Waals surface area contributed by atoms with Gasteiger partial charge in [0, 0.05) is 19.5 Å². The number of aryl methyl sites for hydroxylation is 1. The third kappa shape index (κ3) is 2.73. The van der Waals surface area contributed by atoms with Crippen molar-refractivity contribution < 1.29 is 0 Å². The molecule has 20 heavy (non-hydrogen) atoms. The van der Waals surface area contributed by atoms with Crippen molar-refractivity contribution in [1.82, 2.24) is 14.9 Å². The van der Waals surface area contributed by atoms with Crippen LogP contribution in [0.15, 0.2) is 24.3 Å². The molecule has 3 nitrogen and oxygen atoms in total. The van der Waals surface area contributed by atoms with Crippen molar-refractivity contribution in [2.75, 3.05) is 7.05 Å². The first kappa shape index (κ1) is 13.6. The molecular formula is C17H25N3. The van der Waals surface area contributed by atoms with Crippen LogP contribution in [-0.4, -0.2) is 22.6 Å². The summed E-state index contributed by atoms with van der Waals surface area (Å²) in [5, 5.41) is 3.50. The summed E-state index contributed by atoms with van der Waals surface area (Å²) in [6.07, 6.45) is 8.00. The van der Waals surface area contributed by atoms with E-state index >= 15 is 0 Å². The summed E-state index contributed by atoms with van der Waals surface area (Å²) in [7, 11) is 4.22. The topological polar surface area (TPSA) is 29.9 Å². The molecule has 1 aromatic heterocycles. The van der Waals surface area contributed by atoms with Crippen LogP contribution in [0.5, 0.6) is 0 Å². The predicted octanol–water partition coefficient (Wildman–Crippen LogP) is 3.28. The van der Waals surface area contributed by atoms with Gasteiger partial charge in [0.2, 0.25) is 0 Å². The van der Waals surface area contributed by atoms with Gasteiger partial charge in [0.05, 0.1) is 11.0 Å². The molecule has 3 heteroatoms. The molecule has 1 aliphatic carbocycles. The smallest absolute Gasteiger partial charge is 0.111 e. The summed E-state index contributed by atoms with van der Waals surface area (Å²) in [6.45, 7) is 0. The lowest BCUT2D eigenvalue weighted by Crippen LogP contribution is -2.30. The second-order valence-corrected chi connectivity index (χ2v) is 6.15. The SMILES string of the molecule is CNC(Cc1nc2ccccc2n1C)CC1CCCC1. The van der Waals surface area contributed by atoms with Crippen molar-refractivity contribution in [2.24, 2.45) is 13.0 Å². The van der Waals surface area contributed by atoms with Gasteiger partial charge in [0.1, 0.15) is 5.82 Å². The Kier molecular flexibility index (Phi) is 4.06. The van der Waals surface area contributed by atoms with Crippen LogP contribution in [0.1, 0.15) is 37.9 Å². The maximum atomic E-state index is 4.80. The van der Waals surface area contributed by atoms with Gasteiger partial charge >= 0.3 is 0 Å². The highest BCUT2D eigenvalue weighted by molar-refractivity contribution is 5.75. The van der Waals surface area contributed by atoms with Crippen molar-refractivity contribution in [1.29, 1.82) is 0 Å². The second kappa shape index (κ2) is 5.96. The molecule has 1 aliphatic rings. The highest BCUT2D eigenvalue weighted by Gasteiger charge is 2.21. The van der Waals surface area contributed by atoms with Crippen LogP contribution < -0.4 is 5.32 Å². The van der Waals surface area contributed by atoms with E-state index in [1.54, 1.807) is 0 Å². The molecule has 1 saturated carbocycles. The molecule has 1 unspecified atom stereocenters. The number of fused-ring (bicyclic) bond motifs is 1. The Bertz CT molecular complexity index is 567. The highest BCUT2D eigenvalue weighted by atomic mass is 15.1. The lowest BCUT2D eigenvalue weighted by Gasteiger charge is -2.19. The van der Waals surface area contributed by atoms with E-state index < -0.39 is 0 Å². The summed E-state index contributed by atoms with van der Waals surface area (Å²) >= 11 is 0. The molecule has 0 saturated heterocycles. The predicted molar refractivity (Wildman–Crippen MR) is 83.8 cm³/mol. The summed E-state index contributed by atoms with van der Waals surface area (Å²) in [6, 6.07) is 8.95. The monoisotopic (exact) mass is 271 g/mol. The van der Waals surface area contributed by atoms with Crippen molar-refractivity contribution in [2.45, 2.75) is 44.6 Å². The van der Waals surface area contributed by atoms with Gasteiger partial charge in [-0.25, -0.2) is 4.98 Å². The Morgan fingerprint density at radius 3 is 2.75 bits per heavy atom. The Morgan fingerprint density at radius 2 is 2.05 bits per heavy atom. The normalized spacial score (nSPS) is 17.9. The summed E-state index contributed by atoms with van der Waals surface area (Å²) in [4.78, 5) is 4.80. The lowest BCUT2D eigenvalue weighted by atomic mass is 9.96. The third-order valence-corrected chi connectivity index (χ3v) is 4.81. The third-order valence-electron chi connectivity index (χ3n) is 4.81.